The number of fused-ring (bicyclic) bond motifs is 1. The van der Waals surface area contributed by atoms with Crippen LogP contribution in [0, 0.1) is 0 Å². The first-order valence-corrected chi connectivity index (χ1v) is 7.50. The number of aromatic nitrogens is 1. The zero-order valence-corrected chi connectivity index (χ0v) is 12.8. The zero-order chi connectivity index (χ0) is 15.0. The van der Waals surface area contributed by atoms with Crippen molar-refractivity contribution in [2.24, 2.45) is 0 Å². The Morgan fingerprint density at radius 3 is 2.81 bits per heavy atom. The van der Waals surface area contributed by atoms with Crippen LogP contribution in [0.4, 0.5) is 5.69 Å². The van der Waals surface area contributed by atoms with E-state index in [-0.39, 0.29) is 11.1 Å². The van der Waals surface area contributed by atoms with Crippen molar-refractivity contribution < 1.29 is 4.79 Å². The fourth-order valence-corrected chi connectivity index (χ4v) is 3.40. The van der Waals surface area contributed by atoms with Gasteiger partial charge in [-0.15, -0.1) is 0 Å². The Labute approximate surface area is 129 Å². The lowest BCUT2D eigenvalue weighted by atomic mass is 10.0. The summed E-state index contributed by atoms with van der Waals surface area (Å²) in [5.74, 6) is 0.776. The summed E-state index contributed by atoms with van der Waals surface area (Å²) < 4.78 is 0. The molecule has 2 unspecified atom stereocenters. The van der Waals surface area contributed by atoms with E-state index in [1.807, 2.05) is 12.1 Å². The minimum Gasteiger partial charge on any atom is -0.322 e. The third-order valence-corrected chi connectivity index (χ3v) is 4.42. The summed E-state index contributed by atoms with van der Waals surface area (Å²) in [7, 11) is 0. The zero-order valence-electron chi connectivity index (χ0n) is 12.1. The van der Waals surface area contributed by atoms with Crippen molar-refractivity contribution in [2.45, 2.75) is 32.1 Å². The molecule has 1 aliphatic carbocycles. The SMILES string of the molecule is CC1CC(C)c2c(NC(=O)c3cccnc3Cl)cccc21. The van der Waals surface area contributed by atoms with Crippen LogP contribution in [0.3, 0.4) is 0 Å². The molecule has 1 amide bonds. The molecule has 0 saturated carbocycles. The van der Waals surface area contributed by atoms with Crippen molar-refractivity contribution in [1.82, 2.24) is 4.98 Å². The average Bonchev–Trinajstić information content (AvgIpc) is 2.75. The molecule has 0 bridgehead atoms. The van der Waals surface area contributed by atoms with Gasteiger partial charge in [-0.25, -0.2) is 4.98 Å². The molecule has 0 radical (unpaired) electrons. The number of nitrogens with zero attached hydrogens (tertiary/aromatic N) is 1. The van der Waals surface area contributed by atoms with Crippen molar-refractivity contribution in [3.8, 4) is 0 Å². The summed E-state index contributed by atoms with van der Waals surface area (Å²) in [5.41, 5.74) is 3.86. The van der Waals surface area contributed by atoms with Gasteiger partial charge in [-0.2, -0.15) is 0 Å². The molecule has 0 aliphatic heterocycles. The van der Waals surface area contributed by atoms with Gasteiger partial charge in [-0.3, -0.25) is 4.79 Å². The lowest BCUT2D eigenvalue weighted by Gasteiger charge is -2.14. The molecule has 1 aromatic carbocycles. The molecule has 0 saturated heterocycles. The van der Waals surface area contributed by atoms with Crippen LogP contribution < -0.4 is 5.32 Å². The van der Waals surface area contributed by atoms with Crippen LogP contribution in [0.2, 0.25) is 5.15 Å². The highest BCUT2D eigenvalue weighted by Gasteiger charge is 2.28. The van der Waals surface area contributed by atoms with E-state index in [9.17, 15) is 4.79 Å². The Kier molecular flexibility index (Phi) is 3.68. The maximum absolute atomic E-state index is 12.4. The van der Waals surface area contributed by atoms with Crippen LogP contribution in [0.15, 0.2) is 36.5 Å². The van der Waals surface area contributed by atoms with Crippen LogP contribution in [-0.4, -0.2) is 10.9 Å². The second kappa shape index (κ2) is 5.49. The van der Waals surface area contributed by atoms with Crippen molar-refractivity contribution >= 4 is 23.2 Å². The van der Waals surface area contributed by atoms with Gasteiger partial charge in [0.25, 0.3) is 5.91 Å². The van der Waals surface area contributed by atoms with Crippen LogP contribution in [0.1, 0.15) is 53.6 Å². The summed E-state index contributed by atoms with van der Waals surface area (Å²) in [6.07, 6.45) is 2.69. The molecular weight excluding hydrogens is 284 g/mol. The number of rotatable bonds is 2. The smallest absolute Gasteiger partial charge is 0.258 e. The van der Waals surface area contributed by atoms with Gasteiger partial charge >= 0.3 is 0 Å². The number of pyridine rings is 1. The van der Waals surface area contributed by atoms with E-state index < -0.39 is 0 Å². The quantitative estimate of drug-likeness (QED) is 0.824. The van der Waals surface area contributed by atoms with Crippen molar-refractivity contribution in [3.05, 3.63) is 58.4 Å². The number of nitrogens with one attached hydrogen (secondary N) is 1. The van der Waals surface area contributed by atoms with Gasteiger partial charge in [0.2, 0.25) is 0 Å². The van der Waals surface area contributed by atoms with Gasteiger partial charge in [-0.1, -0.05) is 37.6 Å². The lowest BCUT2D eigenvalue weighted by molar-refractivity contribution is 0.102. The number of hydrogen-bond donors (Lipinski definition) is 1. The maximum Gasteiger partial charge on any atom is 0.258 e. The largest absolute Gasteiger partial charge is 0.322 e. The molecule has 1 N–H and O–H groups in total. The Hall–Kier alpha value is -1.87. The molecule has 1 aliphatic rings. The maximum atomic E-state index is 12.4. The molecular formula is C17H17ClN2O. The fraction of sp³-hybridized carbons (Fsp3) is 0.294. The third kappa shape index (κ3) is 2.54. The summed E-state index contributed by atoms with van der Waals surface area (Å²) in [6.45, 7) is 4.43. The number of benzene rings is 1. The summed E-state index contributed by atoms with van der Waals surface area (Å²) in [4.78, 5) is 16.3. The number of anilines is 1. The highest BCUT2D eigenvalue weighted by molar-refractivity contribution is 6.33. The van der Waals surface area contributed by atoms with E-state index in [0.717, 1.165) is 12.1 Å². The number of carbonyl (C=O) groups excluding carboxylic acids is 1. The van der Waals surface area contributed by atoms with E-state index >= 15 is 0 Å². The first-order valence-electron chi connectivity index (χ1n) is 7.12. The van der Waals surface area contributed by atoms with Gasteiger partial charge in [0, 0.05) is 11.9 Å². The highest BCUT2D eigenvalue weighted by atomic mass is 35.5. The normalized spacial score (nSPS) is 20.1. The fourth-order valence-electron chi connectivity index (χ4n) is 3.19. The Balaban J connectivity index is 1.94. The molecule has 0 fully saturated rings. The van der Waals surface area contributed by atoms with Crippen LogP contribution in [0.5, 0.6) is 0 Å². The average molecular weight is 301 g/mol. The monoisotopic (exact) mass is 300 g/mol. The Morgan fingerprint density at radius 2 is 2.05 bits per heavy atom. The predicted octanol–water partition coefficient (Wildman–Crippen LogP) is 4.60. The van der Waals surface area contributed by atoms with Crippen molar-refractivity contribution in [3.63, 3.8) is 0 Å². The molecule has 0 spiro atoms. The summed E-state index contributed by atoms with van der Waals surface area (Å²) >= 11 is 5.98. The number of hydrogen-bond acceptors (Lipinski definition) is 2. The first-order chi connectivity index (χ1) is 10.1. The molecule has 1 aromatic heterocycles. The van der Waals surface area contributed by atoms with E-state index in [0.29, 0.717) is 17.4 Å². The van der Waals surface area contributed by atoms with Gasteiger partial charge in [0.05, 0.1) is 5.56 Å². The van der Waals surface area contributed by atoms with E-state index in [2.05, 4.69) is 30.2 Å². The minimum atomic E-state index is -0.215. The predicted molar refractivity (Wildman–Crippen MR) is 85.1 cm³/mol. The van der Waals surface area contributed by atoms with E-state index in [4.69, 9.17) is 11.6 Å². The first kappa shape index (κ1) is 14.1. The van der Waals surface area contributed by atoms with Gasteiger partial charge in [0.15, 0.2) is 0 Å². The molecule has 4 heteroatoms. The third-order valence-electron chi connectivity index (χ3n) is 4.12. The molecule has 108 valence electrons. The van der Waals surface area contributed by atoms with Crippen molar-refractivity contribution in [2.75, 3.05) is 5.32 Å². The molecule has 2 aromatic rings. The number of amides is 1. The topological polar surface area (TPSA) is 42.0 Å². The van der Waals surface area contributed by atoms with Crippen LogP contribution >= 0.6 is 11.6 Å². The molecule has 3 rings (SSSR count). The van der Waals surface area contributed by atoms with Crippen molar-refractivity contribution in [1.29, 1.82) is 0 Å². The van der Waals surface area contributed by atoms with Gasteiger partial charge < -0.3 is 5.32 Å². The van der Waals surface area contributed by atoms with E-state index in [1.165, 1.54) is 11.1 Å². The standard InChI is InChI=1S/C17H17ClN2O/c1-10-9-11(2)15-12(10)5-3-7-14(15)20-17(21)13-6-4-8-19-16(13)18/h3-8,10-11H,9H2,1-2H3,(H,20,21). The molecule has 2 atom stereocenters. The molecule has 21 heavy (non-hydrogen) atoms. The second-order valence-corrected chi connectivity index (χ2v) is 6.00. The number of halogens is 1. The summed E-state index contributed by atoms with van der Waals surface area (Å²) in [5, 5.41) is 3.21. The highest BCUT2D eigenvalue weighted by Crippen LogP contribution is 2.44. The van der Waals surface area contributed by atoms with Gasteiger partial charge in [-0.05, 0) is 47.6 Å². The van der Waals surface area contributed by atoms with Crippen LogP contribution in [-0.2, 0) is 0 Å². The van der Waals surface area contributed by atoms with E-state index in [1.54, 1.807) is 18.3 Å². The minimum absolute atomic E-state index is 0.215. The Morgan fingerprint density at radius 1 is 1.24 bits per heavy atom. The Bertz CT molecular complexity index is 699. The molecule has 1 heterocycles. The summed E-state index contributed by atoms with van der Waals surface area (Å²) in [6, 6.07) is 9.49. The lowest BCUT2D eigenvalue weighted by Crippen LogP contribution is -2.14. The second-order valence-electron chi connectivity index (χ2n) is 5.64. The molecule has 3 nitrogen and oxygen atoms in total. The van der Waals surface area contributed by atoms with Crippen LogP contribution in [0.25, 0.3) is 0 Å². The number of carbonyl (C=O) groups is 1. The van der Waals surface area contributed by atoms with Gasteiger partial charge in [0.1, 0.15) is 5.15 Å².